The van der Waals surface area contributed by atoms with E-state index in [-0.39, 0.29) is 15.2 Å². The third-order valence-corrected chi connectivity index (χ3v) is 8.89. The van der Waals surface area contributed by atoms with Gasteiger partial charge in [-0.05, 0) is 67.9 Å². The van der Waals surface area contributed by atoms with Crippen LogP contribution < -0.4 is 10.3 Å². The molecule has 0 N–H and O–H groups in total. The molecule has 0 spiro atoms. The number of fused-ring (bicyclic) bond motifs is 1. The lowest BCUT2D eigenvalue weighted by Crippen LogP contribution is -2.39. The first-order valence-corrected chi connectivity index (χ1v) is 13.9. The van der Waals surface area contributed by atoms with E-state index in [9.17, 15) is 13.2 Å². The summed E-state index contributed by atoms with van der Waals surface area (Å²) in [6.45, 7) is 12.0. The molecular weight excluding hydrogens is 463 g/mol. The molecule has 7 heteroatoms. The average Bonchev–Trinajstić information content (AvgIpc) is 2.79. The molecule has 1 aliphatic heterocycles. The summed E-state index contributed by atoms with van der Waals surface area (Å²) in [5.74, 6) is 0.404. The molecule has 0 saturated carbocycles. The minimum Gasteiger partial charge on any atom is -0.369 e. The summed E-state index contributed by atoms with van der Waals surface area (Å²) in [6, 6.07) is 8.15. The molecule has 1 aliphatic rings. The molecular formula is C28H35FN2O3S. The van der Waals surface area contributed by atoms with Gasteiger partial charge in [0.1, 0.15) is 10.7 Å². The van der Waals surface area contributed by atoms with Crippen LogP contribution in [-0.4, -0.2) is 26.1 Å². The van der Waals surface area contributed by atoms with Crippen LogP contribution in [0.3, 0.4) is 0 Å². The van der Waals surface area contributed by atoms with E-state index in [1.165, 1.54) is 12.3 Å². The van der Waals surface area contributed by atoms with Crippen molar-refractivity contribution in [2.75, 3.05) is 18.0 Å². The number of aryl methyl sites for hydroxylation is 3. The van der Waals surface area contributed by atoms with Gasteiger partial charge in [-0.2, -0.15) is 0 Å². The van der Waals surface area contributed by atoms with E-state index in [0.29, 0.717) is 35.1 Å². The molecule has 188 valence electrons. The maximum Gasteiger partial charge on any atom is 0.212 e. The first-order valence-electron chi connectivity index (χ1n) is 12.5. The molecule has 1 saturated heterocycles. The minimum atomic E-state index is -4.09. The fourth-order valence-electron chi connectivity index (χ4n) is 5.29. The number of sulfone groups is 1. The largest absolute Gasteiger partial charge is 0.369 e. The molecule has 5 nitrogen and oxygen atoms in total. The number of halogens is 1. The van der Waals surface area contributed by atoms with Gasteiger partial charge in [-0.1, -0.05) is 39.3 Å². The smallest absolute Gasteiger partial charge is 0.212 e. The third kappa shape index (κ3) is 4.88. The summed E-state index contributed by atoms with van der Waals surface area (Å²) in [5.41, 5.74) is 1.77. The predicted molar refractivity (Wildman–Crippen MR) is 140 cm³/mol. The number of benzene rings is 2. The third-order valence-electron chi connectivity index (χ3n) is 7.00. The van der Waals surface area contributed by atoms with Crippen molar-refractivity contribution in [1.29, 1.82) is 0 Å². The monoisotopic (exact) mass is 498 g/mol. The molecule has 2 atom stereocenters. The maximum atomic E-state index is 15.5. The molecule has 0 unspecified atom stereocenters. The number of hydrogen-bond donors (Lipinski definition) is 0. The van der Waals surface area contributed by atoms with Crippen LogP contribution in [0.5, 0.6) is 0 Å². The summed E-state index contributed by atoms with van der Waals surface area (Å²) < 4.78 is 44.6. The number of nitrogens with zero attached hydrogens (tertiary/aromatic N) is 2. The van der Waals surface area contributed by atoms with Crippen LogP contribution >= 0.6 is 0 Å². The Bertz CT molecular complexity index is 1420. The van der Waals surface area contributed by atoms with E-state index >= 15 is 4.39 Å². The normalized spacial score (nSPS) is 18.9. The fourth-order valence-corrected chi connectivity index (χ4v) is 6.98. The van der Waals surface area contributed by atoms with Gasteiger partial charge in [-0.15, -0.1) is 0 Å². The van der Waals surface area contributed by atoms with E-state index in [0.717, 1.165) is 37.9 Å². The van der Waals surface area contributed by atoms with E-state index in [4.69, 9.17) is 0 Å². The van der Waals surface area contributed by atoms with Crippen LogP contribution in [0.2, 0.25) is 0 Å². The van der Waals surface area contributed by atoms with Crippen molar-refractivity contribution in [3.05, 3.63) is 63.7 Å². The molecule has 1 fully saturated rings. The Hall–Kier alpha value is -2.67. The van der Waals surface area contributed by atoms with E-state index in [1.807, 2.05) is 17.6 Å². The first-order chi connectivity index (χ1) is 16.5. The SMILES string of the molecule is CCCCn1cc(S(=O)(=O)c2cc(C)ccc2C)c(=O)c2cc(F)c(N3C[C@H](C)C[C@H](C)C3)cc21. The Kier molecular flexibility index (Phi) is 7.09. The van der Waals surface area contributed by atoms with Gasteiger partial charge in [0.05, 0.1) is 21.5 Å². The first kappa shape index (κ1) is 25.4. The molecule has 4 rings (SSSR count). The molecule has 0 aliphatic carbocycles. The van der Waals surface area contributed by atoms with Crippen molar-refractivity contribution < 1.29 is 12.8 Å². The number of unbranched alkanes of at least 4 members (excludes halogenated alkanes) is 1. The van der Waals surface area contributed by atoms with Gasteiger partial charge < -0.3 is 9.47 Å². The lowest BCUT2D eigenvalue weighted by Gasteiger charge is -2.37. The molecule has 2 heterocycles. The van der Waals surface area contributed by atoms with Crippen LogP contribution in [0.4, 0.5) is 10.1 Å². The molecule has 0 radical (unpaired) electrons. The second-order valence-electron chi connectivity index (χ2n) is 10.3. The van der Waals surface area contributed by atoms with Gasteiger partial charge in [0.2, 0.25) is 15.3 Å². The molecule has 3 aromatic rings. The van der Waals surface area contributed by atoms with E-state index in [2.05, 4.69) is 25.7 Å². The van der Waals surface area contributed by atoms with Gasteiger partial charge in [0.15, 0.2) is 0 Å². The van der Waals surface area contributed by atoms with Gasteiger partial charge >= 0.3 is 0 Å². The van der Waals surface area contributed by atoms with Gasteiger partial charge in [-0.25, -0.2) is 12.8 Å². The van der Waals surface area contributed by atoms with Crippen molar-refractivity contribution >= 4 is 26.4 Å². The van der Waals surface area contributed by atoms with Gasteiger partial charge in [0.25, 0.3) is 0 Å². The van der Waals surface area contributed by atoms with Crippen LogP contribution in [-0.2, 0) is 16.4 Å². The highest BCUT2D eigenvalue weighted by atomic mass is 32.2. The molecule has 0 bridgehead atoms. The Morgan fingerprint density at radius 1 is 1.03 bits per heavy atom. The zero-order valence-corrected chi connectivity index (χ0v) is 22.1. The quantitative estimate of drug-likeness (QED) is 0.426. The molecule has 2 aromatic carbocycles. The van der Waals surface area contributed by atoms with Crippen molar-refractivity contribution in [2.24, 2.45) is 11.8 Å². The number of rotatable bonds is 6. The predicted octanol–water partition coefficient (Wildman–Crippen LogP) is 5.87. The number of piperidine rings is 1. The van der Waals surface area contributed by atoms with Crippen LogP contribution in [0.1, 0.15) is 51.2 Å². The highest BCUT2D eigenvalue weighted by Crippen LogP contribution is 2.32. The number of anilines is 1. The summed E-state index contributed by atoms with van der Waals surface area (Å²) >= 11 is 0. The Morgan fingerprint density at radius 2 is 1.71 bits per heavy atom. The second kappa shape index (κ2) is 9.76. The van der Waals surface area contributed by atoms with Crippen molar-refractivity contribution in [3.63, 3.8) is 0 Å². The van der Waals surface area contributed by atoms with E-state index in [1.54, 1.807) is 25.1 Å². The standard InChI is InChI=1S/C28H35FN2O3S/c1-6-7-10-30-17-27(35(33,34)26-12-18(2)8-9-21(26)5)28(32)22-13-23(29)25(14-24(22)30)31-15-19(3)11-20(4)16-31/h8-9,12-14,17,19-20H,6-7,10-11,15-16H2,1-5H3/t19-,20+. The zero-order valence-electron chi connectivity index (χ0n) is 21.3. The number of pyridine rings is 1. The van der Waals surface area contributed by atoms with Crippen molar-refractivity contribution in [1.82, 2.24) is 4.57 Å². The topological polar surface area (TPSA) is 59.4 Å². The molecule has 0 amide bonds. The summed E-state index contributed by atoms with van der Waals surface area (Å²) in [6.07, 6.45) is 4.28. The van der Waals surface area contributed by atoms with Gasteiger partial charge in [0, 0.05) is 25.8 Å². The second-order valence-corrected chi connectivity index (χ2v) is 12.2. The molecule has 1 aromatic heterocycles. The number of hydrogen-bond acceptors (Lipinski definition) is 4. The maximum absolute atomic E-state index is 15.5. The summed E-state index contributed by atoms with van der Waals surface area (Å²) in [5, 5.41) is 0.104. The van der Waals surface area contributed by atoms with Crippen LogP contribution in [0.15, 0.2) is 51.1 Å². The Morgan fingerprint density at radius 3 is 2.37 bits per heavy atom. The summed E-state index contributed by atoms with van der Waals surface area (Å²) in [4.78, 5) is 15.4. The lowest BCUT2D eigenvalue weighted by atomic mass is 9.91. The fraction of sp³-hybridized carbons (Fsp3) is 0.464. The number of aromatic nitrogens is 1. The Labute approximate surface area is 207 Å². The van der Waals surface area contributed by atoms with Crippen molar-refractivity contribution in [2.45, 2.75) is 70.2 Å². The lowest BCUT2D eigenvalue weighted by molar-refractivity contribution is 0.354. The molecule has 35 heavy (non-hydrogen) atoms. The highest BCUT2D eigenvalue weighted by Gasteiger charge is 2.28. The average molecular weight is 499 g/mol. The highest BCUT2D eigenvalue weighted by molar-refractivity contribution is 7.91. The van der Waals surface area contributed by atoms with Gasteiger partial charge in [-0.3, -0.25) is 4.79 Å². The Balaban J connectivity index is 1.94. The van der Waals surface area contributed by atoms with E-state index < -0.39 is 21.1 Å². The zero-order chi connectivity index (χ0) is 25.5. The van der Waals surface area contributed by atoms with Crippen LogP contribution in [0.25, 0.3) is 10.9 Å². The van der Waals surface area contributed by atoms with Crippen molar-refractivity contribution in [3.8, 4) is 0 Å². The summed E-state index contributed by atoms with van der Waals surface area (Å²) in [7, 11) is -4.09. The minimum absolute atomic E-state index is 0.104. The van der Waals surface area contributed by atoms with Crippen LogP contribution in [0, 0.1) is 31.5 Å².